The monoisotopic (exact) mass is 444 g/mol. The molecule has 166 valence electrons. The summed E-state index contributed by atoms with van der Waals surface area (Å²) in [7, 11) is 0. The number of halogens is 1. The van der Waals surface area contributed by atoms with Gasteiger partial charge in [0.1, 0.15) is 0 Å². The molecular weight excluding hydrogens is 416 g/mol. The summed E-state index contributed by atoms with van der Waals surface area (Å²) in [5.41, 5.74) is 1.80. The van der Waals surface area contributed by atoms with Gasteiger partial charge in [-0.1, -0.05) is 48.4 Å². The highest BCUT2D eigenvalue weighted by Crippen LogP contribution is 2.21. The largest absolute Gasteiger partial charge is 0.502 e. The third-order valence-corrected chi connectivity index (χ3v) is 5.30. The van der Waals surface area contributed by atoms with Crippen LogP contribution in [0.1, 0.15) is 47.6 Å². The zero-order valence-corrected chi connectivity index (χ0v) is 18.2. The Morgan fingerprint density at radius 1 is 1.00 bits per heavy atom. The van der Waals surface area contributed by atoms with Gasteiger partial charge in [-0.2, -0.15) is 0 Å². The van der Waals surface area contributed by atoms with Gasteiger partial charge in [0.25, 0.3) is 5.91 Å². The molecule has 3 N–H and O–H groups in total. The number of carboxylic acid groups (broad SMARTS) is 1. The van der Waals surface area contributed by atoms with Crippen LogP contribution in [0.3, 0.4) is 0 Å². The number of nitrogens with zero attached hydrogens (tertiary/aromatic N) is 1. The maximum Gasteiger partial charge on any atom is 0.370 e. The molecule has 1 heterocycles. The molecule has 31 heavy (non-hydrogen) atoms. The van der Waals surface area contributed by atoms with Crippen LogP contribution in [0.15, 0.2) is 66.9 Å². The van der Waals surface area contributed by atoms with E-state index in [1.54, 1.807) is 0 Å². The average molecular weight is 445 g/mol. The van der Waals surface area contributed by atoms with Crippen LogP contribution < -0.4 is 5.32 Å². The first-order valence-corrected chi connectivity index (χ1v) is 10.7. The number of hydrogen-bond donors (Lipinski definition) is 3. The fourth-order valence-electron chi connectivity index (χ4n) is 3.34. The number of carboxylic acids is 1. The van der Waals surface area contributed by atoms with E-state index in [0.717, 1.165) is 18.5 Å². The maximum atomic E-state index is 12.6. The van der Waals surface area contributed by atoms with Crippen molar-refractivity contribution in [2.75, 3.05) is 19.6 Å². The molecule has 6 nitrogen and oxygen atoms in total. The van der Waals surface area contributed by atoms with Gasteiger partial charge in [0.15, 0.2) is 5.76 Å². The van der Waals surface area contributed by atoms with Crippen LogP contribution in [-0.4, -0.2) is 46.6 Å². The number of carbonyl (C=O) groups excluding carboxylic acids is 1. The Morgan fingerprint density at radius 2 is 1.58 bits per heavy atom. The summed E-state index contributed by atoms with van der Waals surface area (Å²) in [6.45, 7) is 6.05. The predicted octanol–water partition coefficient (Wildman–Crippen LogP) is 4.83. The Bertz CT molecular complexity index is 838. The van der Waals surface area contributed by atoms with Gasteiger partial charge in [0.2, 0.25) is 0 Å². The number of rotatable bonds is 7. The van der Waals surface area contributed by atoms with E-state index in [4.69, 9.17) is 21.8 Å². The Labute approximate surface area is 188 Å². The lowest BCUT2D eigenvalue weighted by Gasteiger charge is -2.28. The van der Waals surface area contributed by atoms with Crippen LogP contribution in [0.25, 0.3) is 0 Å². The van der Waals surface area contributed by atoms with E-state index in [9.17, 15) is 9.59 Å². The molecule has 1 fully saturated rings. The minimum Gasteiger partial charge on any atom is -0.502 e. The van der Waals surface area contributed by atoms with Gasteiger partial charge in [-0.25, -0.2) is 4.79 Å². The number of aliphatic hydroxyl groups excluding tert-OH is 1. The van der Waals surface area contributed by atoms with E-state index in [0.29, 0.717) is 10.6 Å². The van der Waals surface area contributed by atoms with Crippen molar-refractivity contribution in [2.24, 2.45) is 0 Å². The number of amides is 1. The molecule has 1 atom stereocenters. The molecule has 0 radical (unpaired) electrons. The molecule has 0 spiro atoms. The van der Waals surface area contributed by atoms with Crippen molar-refractivity contribution < 1.29 is 19.8 Å². The fraction of sp³-hybridized carbons (Fsp3) is 0.333. The molecule has 1 aliphatic heterocycles. The zero-order valence-electron chi connectivity index (χ0n) is 17.5. The second-order valence-corrected chi connectivity index (χ2v) is 7.82. The third-order valence-electron chi connectivity index (χ3n) is 5.04. The van der Waals surface area contributed by atoms with Crippen LogP contribution in [0.5, 0.6) is 0 Å². The molecular formula is C24H29ClN2O4. The minimum atomic E-state index is -1.38. The predicted molar refractivity (Wildman–Crippen MR) is 122 cm³/mol. The van der Waals surface area contributed by atoms with Gasteiger partial charge in [-0.05, 0) is 68.8 Å². The van der Waals surface area contributed by atoms with Crippen LogP contribution in [0.4, 0.5) is 0 Å². The normalized spacial score (nSPS) is 14.6. The van der Waals surface area contributed by atoms with E-state index in [1.165, 1.54) is 32.4 Å². The highest BCUT2D eigenvalue weighted by Gasteiger charge is 2.18. The number of piperidine rings is 1. The van der Waals surface area contributed by atoms with Gasteiger partial charge in [-0.3, -0.25) is 4.79 Å². The van der Waals surface area contributed by atoms with Crippen molar-refractivity contribution in [1.82, 2.24) is 10.2 Å². The molecule has 2 aromatic rings. The standard InChI is InChI=1S/C21H25ClN2O.C3H4O3/c22-19-11-9-17(10-12-19)20(13-16-24-14-5-2-6-15-24)23-21(25)18-7-3-1-4-8-18;1-2(4)3(5)6/h1,3-4,7-12,20H,2,5-6,13-16H2,(H,23,25);4H,1H2,(H,5,6). The highest BCUT2D eigenvalue weighted by molar-refractivity contribution is 6.30. The minimum absolute atomic E-state index is 0.00750. The van der Waals surface area contributed by atoms with Crippen molar-refractivity contribution >= 4 is 23.5 Å². The number of nitrogens with one attached hydrogen (secondary N) is 1. The molecule has 2 aromatic carbocycles. The number of benzene rings is 2. The summed E-state index contributed by atoms with van der Waals surface area (Å²) < 4.78 is 0. The summed E-state index contributed by atoms with van der Waals surface area (Å²) in [6, 6.07) is 17.2. The number of aliphatic carboxylic acids is 1. The van der Waals surface area contributed by atoms with Crippen LogP contribution in [-0.2, 0) is 4.79 Å². The molecule has 1 unspecified atom stereocenters. The third kappa shape index (κ3) is 8.82. The maximum absolute atomic E-state index is 12.6. The fourth-order valence-corrected chi connectivity index (χ4v) is 3.47. The molecule has 0 bridgehead atoms. The second-order valence-electron chi connectivity index (χ2n) is 7.39. The number of likely N-dealkylation sites (tertiary alicyclic amines) is 1. The van der Waals surface area contributed by atoms with E-state index < -0.39 is 11.7 Å². The summed E-state index contributed by atoms with van der Waals surface area (Å²) in [6.07, 6.45) is 4.80. The Kier molecular flexibility index (Phi) is 10.1. The highest BCUT2D eigenvalue weighted by atomic mass is 35.5. The van der Waals surface area contributed by atoms with Gasteiger partial charge < -0.3 is 20.4 Å². The van der Waals surface area contributed by atoms with E-state index in [1.807, 2.05) is 54.6 Å². The Balaban J connectivity index is 0.000000501. The summed E-state index contributed by atoms with van der Waals surface area (Å²) in [4.78, 5) is 24.4. The number of carbonyl (C=O) groups is 2. The zero-order chi connectivity index (χ0) is 22.6. The summed E-state index contributed by atoms with van der Waals surface area (Å²) in [5, 5.41) is 19.4. The lowest BCUT2D eigenvalue weighted by Crippen LogP contribution is -2.35. The molecule has 1 amide bonds. The van der Waals surface area contributed by atoms with Crippen molar-refractivity contribution in [3.05, 3.63) is 83.1 Å². The molecule has 0 aromatic heterocycles. The van der Waals surface area contributed by atoms with Crippen molar-refractivity contribution in [3.8, 4) is 0 Å². The van der Waals surface area contributed by atoms with Crippen molar-refractivity contribution in [1.29, 1.82) is 0 Å². The molecule has 0 aliphatic carbocycles. The topological polar surface area (TPSA) is 89.9 Å². The van der Waals surface area contributed by atoms with Gasteiger partial charge in [-0.15, -0.1) is 0 Å². The number of aliphatic hydroxyl groups is 1. The van der Waals surface area contributed by atoms with E-state index in [2.05, 4.69) is 16.8 Å². The first kappa shape index (κ1) is 24.4. The first-order valence-electron chi connectivity index (χ1n) is 10.3. The van der Waals surface area contributed by atoms with Gasteiger partial charge in [0.05, 0.1) is 6.04 Å². The van der Waals surface area contributed by atoms with Crippen LogP contribution in [0, 0.1) is 0 Å². The van der Waals surface area contributed by atoms with E-state index >= 15 is 0 Å². The Hall–Kier alpha value is -2.83. The molecule has 3 rings (SSSR count). The van der Waals surface area contributed by atoms with E-state index in [-0.39, 0.29) is 11.9 Å². The Morgan fingerprint density at radius 3 is 2.13 bits per heavy atom. The average Bonchev–Trinajstić information content (AvgIpc) is 2.79. The molecule has 7 heteroatoms. The smallest absolute Gasteiger partial charge is 0.370 e. The quantitative estimate of drug-likeness (QED) is 0.420. The van der Waals surface area contributed by atoms with Gasteiger partial charge in [0, 0.05) is 17.1 Å². The summed E-state index contributed by atoms with van der Waals surface area (Å²) >= 11 is 6.02. The molecule has 1 aliphatic rings. The first-order chi connectivity index (χ1) is 14.9. The molecule has 1 saturated heterocycles. The van der Waals surface area contributed by atoms with Crippen molar-refractivity contribution in [3.63, 3.8) is 0 Å². The second kappa shape index (κ2) is 12.8. The van der Waals surface area contributed by atoms with Crippen LogP contribution in [0.2, 0.25) is 5.02 Å². The summed E-state index contributed by atoms with van der Waals surface area (Å²) in [5.74, 6) is -2.23. The van der Waals surface area contributed by atoms with Crippen molar-refractivity contribution in [2.45, 2.75) is 31.7 Å². The SMILES string of the molecule is C=C(O)C(=O)O.O=C(NC(CCN1CCCCC1)c1ccc(Cl)cc1)c1ccccc1. The lowest BCUT2D eigenvalue weighted by atomic mass is 10.0. The number of hydrogen-bond acceptors (Lipinski definition) is 4. The lowest BCUT2D eigenvalue weighted by molar-refractivity contribution is -0.135. The molecule has 0 saturated carbocycles. The van der Waals surface area contributed by atoms with Gasteiger partial charge >= 0.3 is 5.97 Å². The van der Waals surface area contributed by atoms with Crippen LogP contribution >= 0.6 is 11.6 Å².